The number of nitrogens with zero attached hydrogens (tertiary/aromatic N) is 2. The van der Waals surface area contributed by atoms with Crippen LogP contribution in [0.4, 0.5) is 4.39 Å². The van der Waals surface area contributed by atoms with Crippen LogP contribution in [0.5, 0.6) is 5.75 Å². The first-order valence-corrected chi connectivity index (χ1v) is 9.01. The molecule has 1 heterocycles. The summed E-state index contributed by atoms with van der Waals surface area (Å²) < 4.78 is 24.0. The molecular formula is C19H27FN2O4. The molecule has 6 nitrogen and oxygen atoms in total. The Hall–Kier alpha value is -2.15. The lowest BCUT2D eigenvalue weighted by Gasteiger charge is -2.32. The number of rotatable bonds is 8. The van der Waals surface area contributed by atoms with E-state index in [0.29, 0.717) is 26.2 Å². The molecule has 2 rings (SSSR count). The topological polar surface area (TPSA) is 59.1 Å². The second-order valence-electron chi connectivity index (χ2n) is 6.45. The highest BCUT2D eigenvalue weighted by atomic mass is 19.1. The summed E-state index contributed by atoms with van der Waals surface area (Å²) in [6.45, 7) is 4.23. The molecule has 0 radical (unpaired) electrons. The molecule has 0 bridgehead atoms. The number of hydrogen-bond acceptors (Lipinski definition) is 5. The van der Waals surface area contributed by atoms with Crippen molar-refractivity contribution < 1.29 is 23.5 Å². The minimum atomic E-state index is -0.399. The van der Waals surface area contributed by atoms with Crippen molar-refractivity contribution >= 4 is 11.9 Å². The van der Waals surface area contributed by atoms with Crippen molar-refractivity contribution in [3.05, 3.63) is 30.1 Å². The summed E-state index contributed by atoms with van der Waals surface area (Å²) in [7, 11) is 1.81. The van der Waals surface area contributed by atoms with E-state index < -0.39 is 5.82 Å². The quantitative estimate of drug-likeness (QED) is 0.658. The highest BCUT2D eigenvalue weighted by Crippen LogP contribution is 2.18. The Kier molecular flexibility index (Phi) is 7.84. The Balaban J connectivity index is 1.74. The summed E-state index contributed by atoms with van der Waals surface area (Å²) in [4.78, 5) is 27.9. The van der Waals surface area contributed by atoms with Gasteiger partial charge in [-0.3, -0.25) is 14.5 Å². The van der Waals surface area contributed by atoms with E-state index in [4.69, 9.17) is 9.47 Å². The fourth-order valence-electron chi connectivity index (χ4n) is 2.94. The number of benzene rings is 1. The molecule has 1 fully saturated rings. The molecule has 1 atom stereocenters. The monoisotopic (exact) mass is 366 g/mol. The minimum Gasteiger partial charge on any atom is -0.489 e. The van der Waals surface area contributed by atoms with Gasteiger partial charge in [0.2, 0.25) is 5.91 Å². The average Bonchev–Trinajstić information content (AvgIpc) is 2.63. The lowest BCUT2D eigenvalue weighted by molar-refractivity contribution is -0.151. The van der Waals surface area contributed by atoms with Crippen LogP contribution in [0, 0.1) is 11.7 Å². The minimum absolute atomic E-state index is 0.0209. The summed E-state index contributed by atoms with van der Waals surface area (Å²) in [5.74, 6) is -0.670. The number of carbonyl (C=O) groups excluding carboxylic acids is 2. The van der Waals surface area contributed by atoms with Crippen molar-refractivity contribution in [2.24, 2.45) is 5.92 Å². The van der Waals surface area contributed by atoms with E-state index in [1.54, 1.807) is 30.0 Å². The van der Waals surface area contributed by atoms with Crippen LogP contribution in [0.2, 0.25) is 0 Å². The third-order valence-corrected chi connectivity index (χ3v) is 4.37. The largest absolute Gasteiger partial charge is 0.489 e. The number of carbonyl (C=O) groups is 2. The maximum absolute atomic E-state index is 13.5. The van der Waals surface area contributed by atoms with E-state index in [-0.39, 0.29) is 36.7 Å². The molecule has 1 aliphatic rings. The first kappa shape index (κ1) is 20.2. The summed E-state index contributed by atoms with van der Waals surface area (Å²) in [6.07, 6.45) is 1.56. The molecule has 1 amide bonds. The van der Waals surface area contributed by atoms with E-state index in [1.165, 1.54) is 6.07 Å². The van der Waals surface area contributed by atoms with E-state index >= 15 is 0 Å². The molecule has 1 aromatic rings. The van der Waals surface area contributed by atoms with Crippen molar-refractivity contribution in [1.82, 2.24) is 9.80 Å². The van der Waals surface area contributed by atoms with Gasteiger partial charge in [-0.15, -0.1) is 0 Å². The fourth-order valence-corrected chi connectivity index (χ4v) is 2.94. The van der Waals surface area contributed by atoms with Crippen LogP contribution in [-0.4, -0.2) is 68.1 Å². The summed E-state index contributed by atoms with van der Waals surface area (Å²) in [5.41, 5.74) is 0. The first-order valence-electron chi connectivity index (χ1n) is 9.01. The number of likely N-dealkylation sites (N-methyl/N-ethyl adjacent to an activating group) is 1. The molecule has 1 aliphatic heterocycles. The molecule has 1 saturated heterocycles. The van der Waals surface area contributed by atoms with E-state index in [0.717, 1.165) is 12.8 Å². The van der Waals surface area contributed by atoms with Crippen molar-refractivity contribution in [3.63, 3.8) is 0 Å². The maximum atomic E-state index is 13.5. The van der Waals surface area contributed by atoms with Crippen LogP contribution < -0.4 is 4.74 Å². The lowest BCUT2D eigenvalue weighted by atomic mass is 9.98. The second-order valence-corrected chi connectivity index (χ2v) is 6.45. The Bertz CT molecular complexity index is 611. The summed E-state index contributed by atoms with van der Waals surface area (Å²) in [5, 5.41) is 0. The van der Waals surface area contributed by atoms with Gasteiger partial charge in [-0.2, -0.15) is 0 Å². The predicted molar refractivity (Wildman–Crippen MR) is 95.3 cm³/mol. The molecule has 26 heavy (non-hydrogen) atoms. The molecule has 0 spiro atoms. The van der Waals surface area contributed by atoms with Gasteiger partial charge in [0.25, 0.3) is 0 Å². The van der Waals surface area contributed by atoms with Gasteiger partial charge in [-0.05, 0) is 38.9 Å². The zero-order valence-electron chi connectivity index (χ0n) is 15.4. The molecule has 0 N–H and O–H groups in total. The number of hydrogen-bond donors (Lipinski definition) is 0. The third-order valence-electron chi connectivity index (χ3n) is 4.37. The van der Waals surface area contributed by atoms with Crippen LogP contribution in [0.1, 0.15) is 19.8 Å². The molecule has 0 aliphatic carbocycles. The maximum Gasteiger partial charge on any atom is 0.310 e. The number of esters is 1. The van der Waals surface area contributed by atoms with Crippen LogP contribution >= 0.6 is 0 Å². The third kappa shape index (κ3) is 5.98. The van der Waals surface area contributed by atoms with E-state index in [2.05, 4.69) is 0 Å². The van der Waals surface area contributed by atoms with Gasteiger partial charge in [0.05, 0.1) is 19.1 Å². The van der Waals surface area contributed by atoms with Crippen molar-refractivity contribution in [3.8, 4) is 5.75 Å². The molecule has 1 aromatic carbocycles. The number of piperidine rings is 1. The average molecular weight is 366 g/mol. The second kappa shape index (κ2) is 10.1. The van der Waals surface area contributed by atoms with Gasteiger partial charge >= 0.3 is 5.97 Å². The predicted octanol–water partition coefficient (Wildman–Crippen LogP) is 1.94. The Morgan fingerprint density at radius 3 is 2.85 bits per heavy atom. The van der Waals surface area contributed by atoms with Crippen LogP contribution in [0.15, 0.2) is 24.3 Å². The molecule has 144 valence electrons. The van der Waals surface area contributed by atoms with Crippen molar-refractivity contribution in [2.45, 2.75) is 19.8 Å². The van der Waals surface area contributed by atoms with Gasteiger partial charge in [-0.25, -0.2) is 4.39 Å². The Morgan fingerprint density at radius 1 is 1.35 bits per heavy atom. The molecular weight excluding hydrogens is 339 g/mol. The van der Waals surface area contributed by atoms with Gasteiger partial charge in [0.1, 0.15) is 6.61 Å². The van der Waals surface area contributed by atoms with Crippen molar-refractivity contribution in [2.75, 3.05) is 46.4 Å². The zero-order valence-corrected chi connectivity index (χ0v) is 15.4. The van der Waals surface area contributed by atoms with E-state index in [9.17, 15) is 14.0 Å². The number of halogens is 1. The molecule has 0 aromatic heterocycles. The Labute approximate surface area is 153 Å². The smallest absolute Gasteiger partial charge is 0.310 e. The summed E-state index contributed by atoms with van der Waals surface area (Å²) >= 11 is 0. The standard InChI is InChI=1S/C19H27FN2O4/c1-3-25-19(24)15-7-6-10-22(13-15)18(23)14-21(2)11-12-26-17-9-5-4-8-16(17)20/h4-5,8-9,15H,3,6-7,10-14H2,1-2H3. The normalized spacial score (nSPS) is 17.2. The van der Waals surface area contributed by atoms with E-state index in [1.807, 2.05) is 11.9 Å². The molecule has 1 unspecified atom stereocenters. The summed E-state index contributed by atoms with van der Waals surface area (Å²) in [6, 6.07) is 6.24. The Morgan fingerprint density at radius 2 is 2.12 bits per heavy atom. The molecule has 0 saturated carbocycles. The number of para-hydroxylation sites is 1. The number of likely N-dealkylation sites (tertiary alicyclic amines) is 1. The highest BCUT2D eigenvalue weighted by molar-refractivity contribution is 5.80. The number of ether oxygens (including phenoxy) is 2. The van der Waals surface area contributed by atoms with Gasteiger partial charge in [-0.1, -0.05) is 12.1 Å². The zero-order chi connectivity index (χ0) is 18.9. The van der Waals surface area contributed by atoms with Crippen LogP contribution in [0.25, 0.3) is 0 Å². The lowest BCUT2D eigenvalue weighted by Crippen LogP contribution is -2.46. The van der Waals surface area contributed by atoms with Crippen LogP contribution in [0.3, 0.4) is 0 Å². The number of amides is 1. The SMILES string of the molecule is CCOC(=O)C1CCCN(C(=O)CN(C)CCOc2ccccc2F)C1. The fraction of sp³-hybridized carbons (Fsp3) is 0.579. The van der Waals surface area contributed by atoms with Gasteiger partial charge < -0.3 is 14.4 Å². The van der Waals surface area contributed by atoms with Crippen molar-refractivity contribution in [1.29, 1.82) is 0 Å². The van der Waals surface area contributed by atoms with Gasteiger partial charge in [0, 0.05) is 19.6 Å². The first-order chi connectivity index (χ1) is 12.5. The highest BCUT2D eigenvalue weighted by Gasteiger charge is 2.29. The van der Waals surface area contributed by atoms with Crippen LogP contribution in [-0.2, 0) is 14.3 Å². The van der Waals surface area contributed by atoms with Gasteiger partial charge in [0.15, 0.2) is 11.6 Å². The molecule has 7 heteroatoms.